The topological polar surface area (TPSA) is 84.0 Å². The molecule has 0 atom stereocenters. The molecule has 0 aliphatic heterocycles. The highest BCUT2D eigenvalue weighted by Gasteiger charge is 2.37. The quantitative estimate of drug-likeness (QED) is 0.732. The summed E-state index contributed by atoms with van der Waals surface area (Å²) >= 11 is 0. The summed E-state index contributed by atoms with van der Waals surface area (Å²) in [7, 11) is -2.27. The molecule has 1 aromatic heterocycles. The van der Waals surface area contributed by atoms with Crippen molar-refractivity contribution in [3.8, 4) is 0 Å². The second-order valence-electron chi connectivity index (χ2n) is 7.13. The Balaban J connectivity index is 1.94. The first kappa shape index (κ1) is 21.5. The molecule has 0 spiro atoms. The number of nitrogens with zero attached hydrogens (tertiary/aromatic N) is 2. The third kappa shape index (κ3) is 4.87. The summed E-state index contributed by atoms with van der Waals surface area (Å²) in [5.41, 5.74) is 0.363. The Labute approximate surface area is 168 Å². The summed E-state index contributed by atoms with van der Waals surface area (Å²) in [5.74, 6) is -0.181. The number of alkyl halides is 3. The van der Waals surface area contributed by atoms with E-state index in [4.69, 9.17) is 0 Å². The highest BCUT2D eigenvalue weighted by atomic mass is 32.2. The lowest BCUT2D eigenvalue weighted by molar-refractivity contribution is -0.139. The largest absolute Gasteiger partial charge is 0.419 e. The van der Waals surface area contributed by atoms with Crippen molar-refractivity contribution in [1.82, 2.24) is 14.7 Å². The lowest BCUT2D eigenvalue weighted by Gasteiger charge is -2.24. The van der Waals surface area contributed by atoms with Gasteiger partial charge in [0, 0.05) is 17.8 Å². The van der Waals surface area contributed by atoms with Gasteiger partial charge >= 0.3 is 6.18 Å². The molecule has 158 valence electrons. The van der Waals surface area contributed by atoms with Crippen molar-refractivity contribution in [2.24, 2.45) is 0 Å². The van der Waals surface area contributed by atoms with Crippen LogP contribution in [0.4, 0.5) is 24.8 Å². The number of benzene rings is 1. The zero-order valence-electron chi connectivity index (χ0n) is 16.2. The molecule has 1 saturated carbocycles. The van der Waals surface area contributed by atoms with Crippen LogP contribution in [0, 0.1) is 6.92 Å². The van der Waals surface area contributed by atoms with Crippen LogP contribution in [0.5, 0.6) is 0 Å². The van der Waals surface area contributed by atoms with E-state index in [1.54, 1.807) is 13.0 Å². The Morgan fingerprint density at radius 3 is 2.41 bits per heavy atom. The van der Waals surface area contributed by atoms with Gasteiger partial charge in [0.2, 0.25) is 16.0 Å². The van der Waals surface area contributed by atoms with E-state index >= 15 is 0 Å². The lowest BCUT2D eigenvalue weighted by atomic mass is 9.85. The first-order valence-electron chi connectivity index (χ1n) is 9.37. The monoisotopic (exact) mass is 428 g/mol. The average Bonchev–Trinajstić information content (AvgIpc) is 2.69. The first-order chi connectivity index (χ1) is 13.6. The van der Waals surface area contributed by atoms with E-state index in [1.165, 1.54) is 19.2 Å². The van der Waals surface area contributed by atoms with Gasteiger partial charge < -0.3 is 5.32 Å². The van der Waals surface area contributed by atoms with Gasteiger partial charge in [-0.3, -0.25) is 0 Å². The molecular weight excluding hydrogens is 405 g/mol. The standard InChI is InChI=1S/C19H23F3N4O2S/c1-12-10-14(29(27,28)23-2)8-9-16(12)25-18-24-11-15(19(20,21)22)17(26-18)13-6-4-3-5-7-13/h8-11,13,23H,3-7H2,1-2H3,(H,24,25,26). The highest BCUT2D eigenvalue weighted by Crippen LogP contribution is 2.40. The van der Waals surface area contributed by atoms with E-state index in [-0.39, 0.29) is 22.5 Å². The van der Waals surface area contributed by atoms with Gasteiger partial charge in [-0.2, -0.15) is 13.2 Å². The van der Waals surface area contributed by atoms with E-state index < -0.39 is 21.8 Å². The van der Waals surface area contributed by atoms with E-state index in [0.717, 1.165) is 25.5 Å². The Kier molecular flexibility index (Phi) is 6.13. The molecule has 29 heavy (non-hydrogen) atoms. The number of anilines is 2. The summed E-state index contributed by atoms with van der Waals surface area (Å²) in [6, 6.07) is 4.43. The van der Waals surface area contributed by atoms with Crippen molar-refractivity contribution in [3.63, 3.8) is 0 Å². The van der Waals surface area contributed by atoms with Crippen LogP contribution in [-0.2, 0) is 16.2 Å². The fourth-order valence-corrected chi connectivity index (χ4v) is 4.36. The third-order valence-electron chi connectivity index (χ3n) is 5.14. The van der Waals surface area contributed by atoms with E-state index in [9.17, 15) is 21.6 Å². The molecule has 0 saturated heterocycles. The van der Waals surface area contributed by atoms with Gasteiger partial charge in [0.1, 0.15) is 0 Å². The van der Waals surface area contributed by atoms with Crippen LogP contribution in [0.1, 0.15) is 54.8 Å². The molecule has 0 bridgehead atoms. The van der Waals surface area contributed by atoms with Crippen LogP contribution < -0.4 is 10.0 Å². The number of aryl methyl sites for hydroxylation is 1. The number of hydrogen-bond acceptors (Lipinski definition) is 5. The van der Waals surface area contributed by atoms with Gasteiger partial charge in [0.05, 0.1) is 16.2 Å². The minimum absolute atomic E-state index is 0.0294. The fraction of sp³-hybridized carbons (Fsp3) is 0.474. The predicted molar refractivity (Wildman–Crippen MR) is 104 cm³/mol. The fourth-order valence-electron chi connectivity index (χ4n) is 3.54. The molecule has 1 fully saturated rings. The molecule has 0 amide bonds. The predicted octanol–water partition coefficient (Wildman–Crippen LogP) is 4.50. The van der Waals surface area contributed by atoms with Crippen molar-refractivity contribution in [2.45, 2.75) is 56.0 Å². The number of sulfonamides is 1. The molecule has 10 heteroatoms. The molecule has 1 aromatic carbocycles. The van der Waals surface area contributed by atoms with Crippen LogP contribution in [0.25, 0.3) is 0 Å². The van der Waals surface area contributed by atoms with E-state index in [1.807, 2.05) is 0 Å². The van der Waals surface area contributed by atoms with Crippen LogP contribution in [0.15, 0.2) is 29.3 Å². The lowest BCUT2D eigenvalue weighted by Crippen LogP contribution is -2.19. The van der Waals surface area contributed by atoms with Crippen molar-refractivity contribution < 1.29 is 21.6 Å². The summed E-state index contributed by atoms with van der Waals surface area (Å²) in [6.45, 7) is 1.70. The highest BCUT2D eigenvalue weighted by molar-refractivity contribution is 7.89. The number of rotatable bonds is 5. The number of hydrogen-bond donors (Lipinski definition) is 2. The zero-order chi connectivity index (χ0) is 21.2. The van der Waals surface area contributed by atoms with Crippen molar-refractivity contribution in [1.29, 1.82) is 0 Å². The van der Waals surface area contributed by atoms with Gasteiger partial charge in [-0.15, -0.1) is 0 Å². The maximum absolute atomic E-state index is 13.5. The molecule has 2 N–H and O–H groups in total. The molecule has 1 heterocycles. The smallest absolute Gasteiger partial charge is 0.324 e. The molecule has 1 aliphatic carbocycles. The van der Waals surface area contributed by atoms with Gasteiger partial charge in [0.15, 0.2) is 0 Å². The SMILES string of the molecule is CNS(=O)(=O)c1ccc(Nc2ncc(C(F)(F)F)c(C3CCCCC3)n2)c(C)c1. The Hall–Kier alpha value is -2.20. The molecule has 1 aliphatic rings. The number of nitrogens with one attached hydrogen (secondary N) is 2. The Morgan fingerprint density at radius 1 is 1.14 bits per heavy atom. The van der Waals surface area contributed by atoms with Crippen molar-refractivity contribution in [3.05, 3.63) is 41.2 Å². The van der Waals surface area contributed by atoms with Gasteiger partial charge in [-0.05, 0) is 50.6 Å². The Morgan fingerprint density at radius 2 is 1.83 bits per heavy atom. The molecule has 0 unspecified atom stereocenters. The summed E-state index contributed by atoms with van der Waals surface area (Å²) < 4.78 is 66.4. The second kappa shape index (κ2) is 8.27. The van der Waals surface area contributed by atoms with Crippen LogP contribution in [0.3, 0.4) is 0 Å². The van der Waals surface area contributed by atoms with Gasteiger partial charge in [-0.25, -0.2) is 23.1 Å². The van der Waals surface area contributed by atoms with E-state index in [0.29, 0.717) is 24.1 Å². The van der Waals surface area contributed by atoms with Crippen LogP contribution in [0.2, 0.25) is 0 Å². The van der Waals surface area contributed by atoms with E-state index in [2.05, 4.69) is 20.0 Å². The maximum atomic E-state index is 13.5. The van der Waals surface area contributed by atoms with Gasteiger partial charge in [0.25, 0.3) is 0 Å². The summed E-state index contributed by atoms with van der Waals surface area (Å²) in [6.07, 6.45) is 0.461. The second-order valence-corrected chi connectivity index (χ2v) is 9.02. The normalized spacial score (nSPS) is 16.0. The summed E-state index contributed by atoms with van der Waals surface area (Å²) in [4.78, 5) is 8.16. The summed E-state index contributed by atoms with van der Waals surface area (Å²) in [5, 5.41) is 2.92. The molecule has 3 rings (SSSR count). The van der Waals surface area contributed by atoms with Gasteiger partial charge in [-0.1, -0.05) is 19.3 Å². The van der Waals surface area contributed by atoms with Crippen LogP contribution >= 0.6 is 0 Å². The zero-order valence-corrected chi connectivity index (χ0v) is 17.0. The van der Waals surface area contributed by atoms with Crippen molar-refractivity contribution >= 4 is 21.7 Å². The average molecular weight is 428 g/mol. The molecule has 2 aromatic rings. The minimum atomic E-state index is -4.51. The third-order valence-corrected chi connectivity index (χ3v) is 6.55. The number of aromatic nitrogens is 2. The molecule has 0 radical (unpaired) electrons. The minimum Gasteiger partial charge on any atom is -0.324 e. The maximum Gasteiger partial charge on any atom is 0.419 e. The molecule has 6 nitrogen and oxygen atoms in total. The Bertz CT molecular complexity index is 987. The number of halogens is 3. The van der Waals surface area contributed by atoms with Crippen LogP contribution in [-0.4, -0.2) is 25.4 Å². The molecular formula is C19H23F3N4O2S. The first-order valence-corrected chi connectivity index (χ1v) is 10.9. The van der Waals surface area contributed by atoms with Crippen molar-refractivity contribution in [2.75, 3.05) is 12.4 Å².